The summed E-state index contributed by atoms with van der Waals surface area (Å²) in [7, 11) is -3.36. The van der Waals surface area contributed by atoms with Gasteiger partial charge in [-0.05, 0) is 26.8 Å². The second kappa shape index (κ2) is 5.23. The van der Waals surface area contributed by atoms with E-state index in [1.54, 1.807) is 20.8 Å². The molecule has 0 fully saturated rings. The molecule has 1 aromatic rings. The fraction of sp³-hybridized carbons (Fsp3) is 0.583. The predicted molar refractivity (Wildman–Crippen MR) is 68.4 cm³/mol. The number of sulfone groups is 1. The standard InChI is InChI=1S/C12H16F3NO3S/c1-11(2,3)20(18,19)7-6-16-5-4-9(8-16)10(17)12(13,14)15/h4-5,8H,6-7H2,1-3H3. The van der Waals surface area contributed by atoms with Crippen LogP contribution in [0.4, 0.5) is 13.2 Å². The summed E-state index contributed by atoms with van der Waals surface area (Å²) in [5.74, 6) is -2.14. The number of hydrogen-bond acceptors (Lipinski definition) is 3. The smallest absolute Gasteiger partial charge is 0.352 e. The molecule has 0 aromatic carbocycles. The molecule has 0 aliphatic carbocycles. The van der Waals surface area contributed by atoms with Crippen molar-refractivity contribution < 1.29 is 26.4 Å². The van der Waals surface area contributed by atoms with Gasteiger partial charge in [0.25, 0.3) is 5.78 Å². The SMILES string of the molecule is CC(C)(C)S(=O)(=O)CCn1ccc(C(=O)C(F)(F)F)c1. The highest BCUT2D eigenvalue weighted by Crippen LogP contribution is 2.22. The highest BCUT2D eigenvalue weighted by atomic mass is 32.2. The molecule has 1 aromatic heterocycles. The number of rotatable bonds is 4. The normalized spacial score (nSPS) is 13.5. The number of nitrogens with zero attached hydrogens (tertiary/aromatic N) is 1. The van der Waals surface area contributed by atoms with Gasteiger partial charge >= 0.3 is 6.18 Å². The van der Waals surface area contributed by atoms with E-state index in [4.69, 9.17) is 0 Å². The first-order chi connectivity index (χ1) is 8.84. The van der Waals surface area contributed by atoms with Gasteiger partial charge in [0.1, 0.15) is 0 Å². The van der Waals surface area contributed by atoms with Crippen LogP contribution in [0.25, 0.3) is 0 Å². The van der Waals surface area contributed by atoms with E-state index in [0.717, 1.165) is 12.3 Å². The Morgan fingerprint density at radius 1 is 1.25 bits per heavy atom. The van der Waals surface area contributed by atoms with Gasteiger partial charge in [0.15, 0.2) is 9.84 Å². The Labute approximate surface area is 115 Å². The topological polar surface area (TPSA) is 56.1 Å². The molecule has 0 aliphatic heterocycles. The second-order valence-electron chi connectivity index (χ2n) is 5.40. The minimum Gasteiger partial charge on any atom is -0.352 e. The second-order valence-corrected chi connectivity index (χ2v) is 8.26. The first-order valence-electron chi connectivity index (χ1n) is 5.84. The summed E-state index contributed by atoms with van der Waals surface area (Å²) in [5, 5.41) is 0. The third-order valence-corrected chi connectivity index (χ3v) is 5.41. The van der Waals surface area contributed by atoms with E-state index < -0.39 is 32.1 Å². The third kappa shape index (κ3) is 3.84. The Kier molecular flexibility index (Phi) is 4.38. The maximum absolute atomic E-state index is 12.2. The summed E-state index contributed by atoms with van der Waals surface area (Å²) in [4.78, 5) is 11.0. The molecule has 0 saturated heterocycles. The molecule has 0 radical (unpaired) electrons. The van der Waals surface area contributed by atoms with E-state index in [0.29, 0.717) is 0 Å². The Morgan fingerprint density at radius 2 is 1.80 bits per heavy atom. The molecule has 4 nitrogen and oxygen atoms in total. The number of Topliss-reactive ketones (excluding diaryl/α,β-unsaturated/α-hetero) is 1. The van der Waals surface area contributed by atoms with Crippen molar-refractivity contribution in [2.45, 2.75) is 38.2 Å². The van der Waals surface area contributed by atoms with Gasteiger partial charge in [-0.15, -0.1) is 0 Å². The van der Waals surface area contributed by atoms with E-state index in [1.807, 2.05) is 0 Å². The van der Waals surface area contributed by atoms with E-state index in [1.165, 1.54) is 10.8 Å². The van der Waals surface area contributed by atoms with Crippen LogP contribution in [-0.4, -0.2) is 35.4 Å². The molecule has 1 rings (SSSR count). The molecule has 0 saturated carbocycles. The molecule has 0 bridgehead atoms. The number of halogens is 3. The molecule has 114 valence electrons. The summed E-state index contributed by atoms with van der Waals surface area (Å²) < 4.78 is 60.7. The van der Waals surface area contributed by atoms with Crippen molar-refractivity contribution in [1.29, 1.82) is 0 Å². The van der Waals surface area contributed by atoms with Gasteiger partial charge in [-0.1, -0.05) is 0 Å². The van der Waals surface area contributed by atoms with Crippen molar-refractivity contribution in [2.75, 3.05) is 5.75 Å². The van der Waals surface area contributed by atoms with E-state index >= 15 is 0 Å². The Morgan fingerprint density at radius 3 is 2.25 bits per heavy atom. The molecule has 0 atom stereocenters. The van der Waals surface area contributed by atoms with Gasteiger partial charge in [-0.2, -0.15) is 13.2 Å². The van der Waals surface area contributed by atoms with Gasteiger partial charge in [-0.3, -0.25) is 4.79 Å². The van der Waals surface area contributed by atoms with Gasteiger partial charge < -0.3 is 4.57 Å². The number of carbonyl (C=O) groups excluding carboxylic acids is 1. The van der Waals surface area contributed by atoms with Crippen LogP contribution in [-0.2, 0) is 16.4 Å². The number of carbonyl (C=O) groups is 1. The zero-order valence-corrected chi connectivity index (χ0v) is 12.2. The van der Waals surface area contributed by atoms with Crippen LogP contribution in [0.2, 0.25) is 0 Å². The van der Waals surface area contributed by atoms with Gasteiger partial charge in [0.2, 0.25) is 0 Å². The molecular formula is C12H16F3NO3S. The molecule has 8 heteroatoms. The van der Waals surface area contributed by atoms with Crippen LogP contribution in [0, 0.1) is 0 Å². The average molecular weight is 311 g/mol. The predicted octanol–water partition coefficient (Wildman–Crippen LogP) is 2.45. The number of alkyl halides is 3. The molecule has 0 spiro atoms. The van der Waals surface area contributed by atoms with E-state index in [9.17, 15) is 26.4 Å². The monoisotopic (exact) mass is 311 g/mol. The summed E-state index contributed by atoms with van der Waals surface area (Å²) in [6.07, 6.45) is -2.66. The Bertz CT molecular complexity index is 594. The summed E-state index contributed by atoms with van der Waals surface area (Å²) in [6.45, 7) is 4.66. The zero-order valence-electron chi connectivity index (χ0n) is 11.4. The van der Waals surface area contributed by atoms with Crippen LogP contribution in [0.15, 0.2) is 18.5 Å². The lowest BCUT2D eigenvalue weighted by Gasteiger charge is -2.19. The van der Waals surface area contributed by atoms with Gasteiger partial charge in [0, 0.05) is 24.5 Å². The molecule has 0 N–H and O–H groups in total. The van der Waals surface area contributed by atoms with Crippen LogP contribution in [0.5, 0.6) is 0 Å². The Hall–Kier alpha value is -1.31. The minimum atomic E-state index is -4.93. The lowest BCUT2D eigenvalue weighted by Crippen LogP contribution is -2.31. The highest BCUT2D eigenvalue weighted by Gasteiger charge is 2.39. The summed E-state index contributed by atoms with van der Waals surface area (Å²) in [6, 6.07) is 1.03. The molecule has 0 amide bonds. The van der Waals surface area contributed by atoms with Crippen molar-refractivity contribution in [3.05, 3.63) is 24.0 Å². The van der Waals surface area contributed by atoms with Gasteiger partial charge in [0.05, 0.1) is 10.5 Å². The molecular weight excluding hydrogens is 295 g/mol. The number of aromatic nitrogens is 1. The lowest BCUT2D eigenvalue weighted by molar-refractivity contribution is -0.0885. The minimum absolute atomic E-state index is 0.00470. The van der Waals surface area contributed by atoms with E-state index in [-0.39, 0.29) is 12.3 Å². The first kappa shape index (κ1) is 16.7. The summed E-state index contributed by atoms with van der Waals surface area (Å²) in [5.41, 5.74) is -0.495. The number of hydrogen-bond donors (Lipinski definition) is 0. The molecule has 20 heavy (non-hydrogen) atoms. The van der Waals surface area contributed by atoms with Crippen LogP contribution in [0.1, 0.15) is 31.1 Å². The quantitative estimate of drug-likeness (QED) is 0.803. The fourth-order valence-corrected chi connectivity index (χ4v) is 2.47. The van der Waals surface area contributed by atoms with Crippen LogP contribution >= 0.6 is 0 Å². The number of ketones is 1. The van der Waals surface area contributed by atoms with Crippen LogP contribution < -0.4 is 0 Å². The maximum Gasteiger partial charge on any atom is 0.454 e. The Balaban J connectivity index is 2.79. The van der Waals surface area contributed by atoms with Crippen molar-refractivity contribution >= 4 is 15.6 Å². The summed E-state index contributed by atoms with van der Waals surface area (Å²) >= 11 is 0. The van der Waals surface area contributed by atoms with Crippen molar-refractivity contribution in [1.82, 2.24) is 4.57 Å². The van der Waals surface area contributed by atoms with Gasteiger partial charge in [-0.25, -0.2) is 8.42 Å². The zero-order chi connectivity index (χ0) is 15.8. The van der Waals surface area contributed by atoms with E-state index in [2.05, 4.69) is 0 Å². The number of aryl methyl sites for hydroxylation is 1. The molecule has 0 aliphatic rings. The maximum atomic E-state index is 12.2. The van der Waals surface area contributed by atoms with Crippen molar-refractivity contribution in [3.8, 4) is 0 Å². The largest absolute Gasteiger partial charge is 0.454 e. The molecule has 0 unspecified atom stereocenters. The van der Waals surface area contributed by atoms with Crippen molar-refractivity contribution in [3.63, 3.8) is 0 Å². The lowest BCUT2D eigenvalue weighted by atomic mass is 10.2. The fourth-order valence-electron chi connectivity index (χ4n) is 1.41. The third-order valence-electron chi connectivity index (χ3n) is 2.82. The first-order valence-corrected chi connectivity index (χ1v) is 7.49. The van der Waals surface area contributed by atoms with Crippen molar-refractivity contribution in [2.24, 2.45) is 0 Å². The molecule has 1 heterocycles. The van der Waals surface area contributed by atoms with Crippen LogP contribution in [0.3, 0.4) is 0 Å². The highest BCUT2D eigenvalue weighted by molar-refractivity contribution is 7.92. The average Bonchev–Trinajstić information content (AvgIpc) is 2.71.